The first-order chi connectivity index (χ1) is 9.43. The second kappa shape index (κ2) is 6.13. The molecule has 1 aliphatic heterocycles. The van der Waals surface area contributed by atoms with E-state index < -0.39 is 0 Å². The zero-order chi connectivity index (χ0) is 14.8. The van der Waals surface area contributed by atoms with Gasteiger partial charge in [-0.1, -0.05) is 26.8 Å². The van der Waals surface area contributed by atoms with E-state index in [1.807, 2.05) is 6.07 Å². The highest BCUT2D eigenvalue weighted by Crippen LogP contribution is 2.34. The number of hydrogen-bond donors (Lipinski definition) is 1. The van der Waals surface area contributed by atoms with Gasteiger partial charge in [-0.15, -0.1) is 0 Å². The van der Waals surface area contributed by atoms with Gasteiger partial charge in [-0.3, -0.25) is 0 Å². The van der Waals surface area contributed by atoms with Crippen LogP contribution in [-0.2, 0) is 0 Å². The standard InChI is InChI=1S/C17H27FN2/c1-5-9-19-13(2)14-6-7-16(15(18)11-14)20-10-8-17(3,4)12-20/h6-7,11,13,19H,5,8-10,12H2,1-4H3. The van der Waals surface area contributed by atoms with Gasteiger partial charge in [0.1, 0.15) is 5.82 Å². The van der Waals surface area contributed by atoms with Crippen LogP contribution >= 0.6 is 0 Å². The van der Waals surface area contributed by atoms with Crippen molar-refractivity contribution in [3.8, 4) is 0 Å². The van der Waals surface area contributed by atoms with E-state index in [0.717, 1.165) is 43.7 Å². The van der Waals surface area contributed by atoms with Gasteiger partial charge in [0, 0.05) is 19.1 Å². The first-order valence-electron chi connectivity index (χ1n) is 7.71. The molecule has 20 heavy (non-hydrogen) atoms. The summed E-state index contributed by atoms with van der Waals surface area (Å²) in [4.78, 5) is 2.17. The normalized spacial score (nSPS) is 19.4. The molecule has 0 amide bonds. The molecule has 1 unspecified atom stereocenters. The lowest BCUT2D eigenvalue weighted by atomic mass is 9.93. The van der Waals surface area contributed by atoms with Crippen LogP contribution in [0, 0.1) is 11.2 Å². The molecule has 1 atom stereocenters. The molecule has 3 heteroatoms. The Morgan fingerprint density at radius 2 is 2.15 bits per heavy atom. The number of anilines is 1. The molecular formula is C17H27FN2. The van der Waals surface area contributed by atoms with Crippen molar-refractivity contribution in [2.45, 2.75) is 46.6 Å². The predicted octanol–water partition coefficient (Wildman–Crippen LogP) is 4.12. The number of nitrogens with zero attached hydrogens (tertiary/aromatic N) is 1. The third kappa shape index (κ3) is 3.51. The Kier molecular flexibility index (Phi) is 4.69. The lowest BCUT2D eigenvalue weighted by Crippen LogP contribution is -2.24. The Morgan fingerprint density at radius 3 is 2.70 bits per heavy atom. The van der Waals surface area contributed by atoms with Crippen LogP contribution in [0.15, 0.2) is 18.2 Å². The quantitative estimate of drug-likeness (QED) is 0.871. The molecule has 0 spiro atoms. The van der Waals surface area contributed by atoms with Crippen LogP contribution < -0.4 is 10.2 Å². The second-order valence-electron chi connectivity index (χ2n) is 6.72. The zero-order valence-electron chi connectivity index (χ0n) is 13.2. The van der Waals surface area contributed by atoms with Gasteiger partial charge in [0.25, 0.3) is 0 Å². The molecule has 0 radical (unpaired) electrons. The summed E-state index contributed by atoms with van der Waals surface area (Å²) >= 11 is 0. The van der Waals surface area contributed by atoms with Crippen LogP contribution in [0.2, 0.25) is 0 Å². The Labute approximate surface area is 122 Å². The first-order valence-corrected chi connectivity index (χ1v) is 7.71. The Hall–Kier alpha value is -1.09. The van der Waals surface area contributed by atoms with Crippen molar-refractivity contribution < 1.29 is 4.39 Å². The van der Waals surface area contributed by atoms with Crippen LogP contribution in [0.1, 0.15) is 52.1 Å². The maximum Gasteiger partial charge on any atom is 0.146 e. The molecule has 1 heterocycles. The summed E-state index contributed by atoms with van der Waals surface area (Å²) in [6.07, 6.45) is 2.22. The fourth-order valence-electron chi connectivity index (χ4n) is 2.85. The molecule has 2 rings (SSSR count). The van der Waals surface area contributed by atoms with E-state index in [4.69, 9.17) is 0 Å². The number of halogens is 1. The number of hydrogen-bond acceptors (Lipinski definition) is 2. The fourth-order valence-corrected chi connectivity index (χ4v) is 2.85. The third-order valence-electron chi connectivity index (χ3n) is 4.19. The molecule has 1 aliphatic rings. The van der Waals surface area contributed by atoms with Gasteiger partial charge in [0.15, 0.2) is 0 Å². The molecule has 1 saturated heterocycles. The summed E-state index contributed by atoms with van der Waals surface area (Å²) in [6.45, 7) is 11.6. The highest BCUT2D eigenvalue weighted by molar-refractivity contribution is 5.50. The molecule has 0 bridgehead atoms. The second-order valence-corrected chi connectivity index (χ2v) is 6.72. The van der Waals surface area contributed by atoms with Gasteiger partial charge in [0.05, 0.1) is 5.69 Å². The summed E-state index contributed by atoms with van der Waals surface area (Å²) < 4.78 is 14.4. The molecule has 0 saturated carbocycles. The summed E-state index contributed by atoms with van der Waals surface area (Å²) in [7, 11) is 0. The Morgan fingerprint density at radius 1 is 1.40 bits per heavy atom. The Balaban J connectivity index is 2.10. The molecule has 0 aromatic heterocycles. The van der Waals surface area contributed by atoms with Crippen molar-refractivity contribution >= 4 is 5.69 Å². The maximum atomic E-state index is 14.4. The smallest absolute Gasteiger partial charge is 0.146 e. The molecule has 1 aromatic carbocycles. The molecular weight excluding hydrogens is 251 g/mol. The SMILES string of the molecule is CCCNC(C)c1ccc(N2CCC(C)(C)C2)c(F)c1. The zero-order valence-corrected chi connectivity index (χ0v) is 13.2. The molecule has 1 fully saturated rings. The van der Waals surface area contributed by atoms with E-state index in [2.05, 4.69) is 44.0 Å². The monoisotopic (exact) mass is 278 g/mol. The van der Waals surface area contributed by atoms with E-state index in [0.29, 0.717) is 5.41 Å². The number of rotatable bonds is 5. The first kappa shape index (κ1) is 15.3. The van der Waals surface area contributed by atoms with Gasteiger partial charge in [0.2, 0.25) is 0 Å². The Bertz CT molecular complexity index is 456. The van der Waals surface area contributed by atoms with Crippen LogP contribution in [0.5, 0.6) is 0 Å². The molecule has 0 aliphatic carbocycles. The van der Waals surface area contributed by atoms with Crippen molar-refractivity contribution in [1.29, 1.82) is 0 Å². The summed E-state index contributed by atoms with van der Waals surface area (Å²) in [5, 5.41) is 3.40. The highest BCUT2D eigenvalue weighted by Gasteiger charge is 2.30. The largest absolute Gasteiger partial charge is 0.369 e. The van der Waals surface area contributed by atoms with Crippen molar-refractivity contribution in [3.05, 3.63) is 29.6 Å². The highest BCUT2D eigenvalue weighted by atomic mass is 19.1. The van der Waals surface area contributed by atoms with Crippen molar-refractivity contribution in [2.75, 3.05) is 24.5 Å². The van der Waals surface area contributed by atoms with Crippen molar-refractivity contribution in [3.63, 3.8) is 0 Å². The van der Waals surface area contributed by atoms with E-state index in [9.17, 15) is 4.39 Å². The number of nitrogens with one attached hydrogen (secondary N) is 1. The molecule has 112 valence electrons. The van der Waals surface area contributed by atoms with Gasteiger partial charge in [-0.25, -0.2) is 4.39 Å². The van der Waals surface area contributed by atoms with Crippen LogP contribution in [-0.4, -0.2) is 19.6 Å². The van der Waals surface area contributed by atoms with Crippen LogP contribution in [0.25, 0.3) is 0 Å². The average molecular weight is 278 g/mol. The maximum absolute atomic E-state index is 14.4. The van der Waals surface area contributed by atoms with Gasteiger partial charge in [-0.05, 0) is 49.4 Å². The van der Waals surface area contributed by atoms with Crippen molar-refractivity contribution in [1.82, 2.24) is 5.32 Å². The van der Waals surface area contributed by atoms with Gasteiger partial charge >= 0.3 is 0 Å². The van der Waals surface area contributed by atoms with Crippen LogP contribution in [0.3, 0.4) is 0 Å². The van der Waals surface area contributed by atoms with Gasteiger partial charge < -0.3 is 10.2 Å². The van der Waals surface area contributed by atoms with Crippen LogP contribution in [0.4, 0.5) is 10.1 Å². The third-order valence-corrected chi connectivity index (χ3v) is 4.19. The van der Waals surface area contributed by atoms with E-state index in [1.165, 1.54) is 0 Å². The van der Waals surface area contributed by atoms with Crippen molar-refractivity contribution in [2.24, 2.45) is 5.41 Å². The molecule has 1 aromatic rings. The minimum absolute atomic E-state index is 0.0923. The van der Waals surface area contributed by atoms with E-state index in [1.54, 1.807) is 6.07 Å². The fraction of sp³-hybridized carbons (Fsp3) is 0.647. The van der Waals surface area contributed by atoms with Gasteiger partial charge in [-0.2, -0.15) is 0 Å². The lowest BCUT2D eigenvalue weighted by Gasteiger charge is -2.23. The topological polar surface area (TPSA) is 15.3 Å². The summed E-state index contributed by atoms with van der Waals surface area (Å²) in [6, 6.07) is 5.88. The minimum Gasteiger partial charge on any atom is -0.369 e. The molecule has 2 nitrogen and oxygen atoms in total. The van der Waals surface area contributed by atoms with E-state index >= 15 is 0 Å². The predicted molar refractivity (Wildman–Crippen MR) is 83.7 cm³/mol. The average Bonchev–Trinajstić information content (AvgIpc) is 2.76. The summed E-state index contributed by atoms with van der Waals surface area (Å²) in [5.41, 5.74) is 2.07. The summed E-state index contributed by atoms with van der Waals surface area (Å²) in [5.74, 6) is -0.0923. The lowest BCUT2D eigenvalue weighted by molar-refractivity contribution is 0.418. The minimum atomic E-state index is -0.0923. The van der Waals surface area contributed by atoms with E-state index in [-0.39, 0.29) is 11.9 Å². The number of benzene rings is 1. The molecule has 1 N–H and O–H groups in total.